The summed E-state index contributed by atoms with van der Waals surface area (Å²) in [6.07, 6.45) is 11.5. The van der Waals surface area contributed by atoms with Crippen LogP contribution in [0.1, 0.15) is 32.3 Å². The molecule has 1 aliphatic rings. The van der Waals surface area contributed by atoms with E-state index in [4.69, 9.17) is 0 Å². The Balaban J connectivity index is 2.26. The van der Waals surface area contributed by atoms with Crippen molar-refractivity contribution in [3.8, 4) is 0 Å². The summed E-state index contributed by atoms with van der Waals surface area (Å²) in [6.45, 7) is 5.63. The van der Waals surface area contributed by atoms with E-state index in [0.29, 0.717) is 5.92 Å². The fourth-order valence-corrected chi connectivity index (χ4v) is 2.54. The van der Waals surface area contributed by atoms with Crippen molar-refractivity contribution in [3.63, 3.8) is 0 Å². The van der Waals surface area contributed by atoms with Crippen LogP contribution in [0.15, 0.2) is 59.8 Å². The SMILES string of the molecule is CCCCN(C)C1=CC=CC(C)C1=Cc1ccccc1. The lowest BCUT2D eigenvalue weighted by atomic mass is 9.91. The van der Waals surface area contributed by atoms with Crippen LogP contribution in [0.4, 0.5) is 0 Å². The highest BCUT2D eigenvalue weighted by Gasteiger charge is 2.17. The number of unbranched alkanes of at least 4 members (excludes halogenated alkanes) is 1. The van der Waals surface area contributed by atoms with Gasteiger partial charge >= 0.3 is 0 Å². The number of hydrogen-bond donors (Lipinski definition) is 0. The Morgan fingerprint density at radius 1 is 1.20 bits per heavy atom. The summed E-state index contributed by atoms with van der Waals surface area (Å²) in [4.78, 5) is 2.39. The Labute approximate surface area is 123 Å². The van der Waals surface area contributed by atoms with E-state index in [9.17, 15) is 0 Å². The van der Waals surface area contributed by atoms with Gasteiger partial charge in [-0.3, -0.25) is 0 Å². The van der Waals surface area contributed by atoms with E-state index in [-0.39, 0.29) is 0 Å². The second-order valence-electron chi connectivity index (χ2n) is 5.51. The maximum atomic E-state index is 2.39. The molecule has 0 aliphatic heterocycles. The van der Waals surface area contributed by atoms with Gasteiger partial charge in [-0.1, -0.05) is 62.8 Å². The summed E-state index contributed by atoms with van der Waals surface area (Å²) < 4.78 is 0. The third-order valence-corrected chi connectivity index (χ3v) is 3.82. The van der Waals surface area contributed by atoms with Crippen LogP contribution in [0.3, 0.4) is 0 Å². The minimum atomic E-state index is 0.472. The molecule has 0 bridgehead atoms. The largest absolute Gasteiger partial charge is 0.374 e. The maximum absolute atomic E-state index is 2.39. The van der Waals surface area contributed by atoms with E-state index < -0.39 is 0 Å². The molecule has 20 heavy (non-hydrogen) atoms. The molecule has 1 unspecified atom stereocenters. The lowest BCUT2D eigenvalue weighted by Crippen LogP contribution is -2.23. The van der Waals surface area contributed by atoms with Crippen LogP contribution >= 0.6 is 0 Å². The van der Waals surface area contributed by atoms with Gasteiger partial charge in [0.25, 0.3) is 0 Å². The minimum Gasteiger partial charge on any atom is -0.374 e. The molecule has 1 nitrogen and oxygen atoms in total. The average Bonchev–Trinajstić information content (AvgIpc) is 2.48. The fraction of sp³-hybridized carbons (Fsp3) is 0.368. The summed E-state index contributed by atoms with van der Waals surface area (Å²) in [6, 6.07) is 10.6. The predicted octanol–water partition coefficient (Wildman–Crippen LogP) is 4.89. The van der Waals surface area contributed by atoms with Crippen molar-refractivity contribution in [2.75, 3.05) is 13.6 Å². The zero-order chi connectivity index (χ0) is 14.4. The van der Waals surface area contributed by atoms with Crippen LogP contribution in [0.2, 0.25) is 0 Å². The molecule has 0 saturated heterocycles. The van der Waals surface area contributed by atoms with Gasteiger partial charge in [0.2, 0.25) is 0 Å². The number of rotatable bonds is 5. The lowest BCUT2D eigenvalue weighted by Gasteiger charge is -2.29. The maximum Gasteiger partial charge on any atom is 0.0402 e. The molecular weight excluding hydrogens is 242 g/mol. The van der Waals surface area contributed by atoms with Gasteiger partial charge in [-0.05, 0) is 29.7 Å². The summed E-state index contributed by atoms with van der Waals surface area (Å²) in [5.74, 6) is 0.472. The molecule has 1 aliphatic carbocycles. The molecular formula is C19H25N. The predicted molar refractivity (Wildman–Crippen MR) is 88.3 cm³/mol. The van der Waals surface area contributed by atoms with Gasteiger partial charge < -0.3 is 4.90 Å². The number of hydrogen-bond acceptors (Lipinski definition) is 1. The van der Waals surface area contributed by atoms with Crippen LogP contribution < -0.4 is 0 Å². The average molecular weight is 267 g/mol. The zero-order valence-electron chi connectivity index (χ0n) is 12.8. The minimum absolute atomic E-state index is 0.472. The highest BCUT2D eigenvalue weighted by atomic mass is 15.1. The molecule has 0 spiro atoms. The van der Waals surface area contributed by atoms with Crippen LogP contribution in [0.25, 0.3) is 6.08 Å². The quantitative estimate of drug-likeness (QED) is 0.734. The van der Waals surface area contributed by atoms with Crippen LogP contribution in [-0.2, 0) is 0 Å². The van der Waals surface area contributed by atoms with Crippen LogP contribution in [-0.4, -0.2) is 18.5 Å². The second-order valence-corrected chi connectivity index (χ2v) is 5.51. The summed E-state index contributed by atoms with van der Waals surface area (Å²) in [5, 5.41) is 0. The number of benzene rings is 1. The van der Waals surface area contributed by atoms with E-state index in [2.05, 4.69) is 80.4 Å². The normalized spacial score (nSPS) is 20.1. The molecule has 0 saturated carbocycles. The van der Waals surface area contributed by atoms with Crippen molar-refractivity contribution in [2.45, 2.75) is 26.7 Å². The van der Waals surface area contributed by atoms with Crippen molar-refractivity contribution in [1.29, 1.82) is 0 Å². The molecule has 0 heterocycles. The number of nitrogens with zero attached hydrogens (tertiary/aromatic N) is 1. The first-order valence-corrected chi connectivity index (χ1v) is 7.59. The standard InChI is InChI=1S/C19H25N/c1-4-5-14-20(3)19-13-9-10-16(2)18(19)15-17-11-7-6-8-12-17/h6-13,15-16H,4-5,14H2,1-3H3. The Morgan fingerprint density at radius 3 is 2.65 bits per heavy atom. The first-order valence-electron chi connectivity index (χ1n) is 7.59. The third kappa shape index (κ3) is 3.63. The van der Waals surface area contributed by atoms with E-state index in [0.717, 1.165) is 6.54 Å². The molecule has 1 aromatic rings. The van der Waals surface area contributed by atoms with Crippen LogP contribution in [0, 0.1) is 5.92 Å². The van der Waals surface area contributed by atoms with E-state index in [1.165, 1.54) is 29.7 Å². The van der Waals surface area contributed by atoms with Crippen molar-refractivity contribution >= 4 is 6.08 Å². The Bertz CT molecular complexity index is 508. The molecule has 0 amide bonds. The summed E-state index contributed by atoms with van der Waals surface area (Å²) in [7, 11) is 2.20. The zero-order valence-corrected chi connectivity index (χ0v) is 12.8. The molecule has 0 fully saturated rings. The molecule has 1 atom stereocenters. The van der Waals surface area contributed by atoms with Gasteiger partial charge in [-0.15, -0.1) is 0 Å². The highest BCUT2D eigenvalue weighted by molar-refractivity contribution is 5.61. The first kappa shape index (κ1) is 14.6. The molecule has 1 heteroatoms. The third-order valence-electron chi connectivity index (χ3n) is 3.82. The summed E-state index contributed by atoms with van der Waals surface area (Å²) >= 11 is 0. The van der Waals surface area contributed by atoms with Gasteiger partial charge in [0.15, 0.2) is 0 Å². The Kier molecular flexibility index (Phi) is 5.23. The monoisotopic (exact) mass is 267 g/mol. The van der Waals surface area contributed by atoms with Gasteiger partial charge in [0, 0.05) is 25.2 Å². The van der Waals surface area contributed by atoms with E-state index in [1.54, 1.807) is 0 Å². The molecule has 0 aromatic heterocycles. The van der Waals surface area contributed by atoms with Gasteiger partial charge in [-0.2, -0.15) is 0 Å². The topological polar surface area (TPSA) is 3.24 Å². The van der Waals surface area contributed by atoms with Crippen molar-refractivity contribution in [2.24, 2.45) is 5.92 Å². The smallest absolute Gasteiger partial charge is 0.0402 e. The Hall–Kier alpha value is -1.76. The molecule has 2 rings (SSSR count). The summed E-state index contributed by atoms with van der Waals surface area (Å²) in [5.41, 5.74) is 4.05. The Morgan fingerprint density at radius 2 is 1.95 bits per heavy atom. The molecule has 0 N–H and O–H groups in total. The highest BCUT2D eigenvalue weighted by Crippen LogP contribution is 2.29. The molecule has 0 radical (unpaired) electrons. The van der Waals surface area contributed by atoms with E-state index >= 15 is 0 Å². The van der Waals surface area contributed by atoms with Crippen molar-refractivity contribution in [1.82, 2.24) is 4.90 Å². The number of likely N-dealkylation sites (N-methyl/N-ethyl adjacent to an activating group) is 1. The fourth-order valence-electron chi connectivity index (χ4n) is 2.54. The van der Waals surface area contributed by atoms with E-state index in [1.807, 2.05) is 0 Å². The number of allylic oxidation sites excluding steroid dienone is 4. The van der Waals surface area contributed by atoms with Gasteiger partial charge in [0.1, 0.15) is 0 Å². The van der Waals surface area contributed by atoms with Gasteiger partial charge in [-0.25, -0.2) is 0 Å². The lowest BCUT2D eigenvalue weighted by molar-refractivity contribution is 0.407. The van der Waals surface area contributed by atoms with Crippen molar-refractivity contribution in [3.05, 3.63) is 65.4 Å². The van der Waals surface area contributed by atoms with Crippen LogP contribution in [0.5, 0.6) is 0 Å². The van der Waals surface area contributed by atoms with Gasteiger partial charge in [0.05, 0.1) is 0 Å². The first-order chi connectivity index (χ1) is 9.72. The second kappa shape index (κ2) is 7.14. The van der Waals surface area contributed by atoms with Crippen molar-refractivity contribution < 1.29 is 0 Å². The molecule has 1 aromatic carbocycles. The molecule has 106 valence electrons.